The minimum atomic E-state index is -0.248. The molecule has 0 bridgehead atoms. The highest BCUT2D eigenvalue weighted by atomic mass is 16.5. The van der Waals surface area contributed by atoms with Crippen LogP contribution in [0.1, 0.15) is 11.4 Å². The van der Waals surface area contributed by atoms with Gasteiger partial charge < -0.3 is 15.0 Å². The number of benzene rings is 2. The van der Waals surface area contributed by atoms with Crippen molar-refractivity contribution in [1.29, 1.82) is 5.26 Å². The molecule has 124 valence electrons. The fourth-order valence-electron chi connectivity index (χ4n) is 2.22. The molecule has 0 unspecified atom stereocenters. The Bertz CT molecular complexity index is 880. The number of aromatic nitrogens is 2. The maximum absolute atomic E-state index is 11.9. The van der Waals surface area contributed by atoms with Gasteiger partial charge in [0.2, 0.25) is 0 Å². The van der Waals surface area contributed by atoms with Gasteiger partial charge in [-0.3, -0.25) is 4.79 Å². The van der Waals surface area contributed by atoms with Crippen molar-refractivity contribution in [2.24, 2.45) is 0 Å². The predicted molar refractivity (Wildman–Crippen MR) is 92.5 cm³/mol. The molecule has 3 aromatic rings. The molecule has 1 aromatic heterocycles. The van der Waals surface area contributed by atoms with Crippen molar-refractivity contribution in [2.45, 2.75) is 6.54 Å². The van der Waals surface area contributed by atoms with E-state index >= 15 is 0 Å². The van der Waals surface area contributed by atoms with Crippen molar-refractivity contribution >= 4 is 5.91 Å². The number of carbonyl (C=O) groups is 1. The fraction of sp³-hybridized carbons (Fsp3) is 0.105. The van der Waals surface area contributed by atoms with Gasteiger partial charge in [0.25, 0.3) is 5.91 Å². The minimum absolute atomic E-state index is 0.0991. The Morgan fingerprint density at radius 3 is 2.64 bits per heavy atom. The van der Waals surface area contributed by atoms with E-state index < -0.39 is 0 Å². The molecule has 2 aromatic carbocycles. The van der Waals surface area contributed by atoms with E-state index in [2.05, 4.69) is 15.3 Å². The Balaban J connectivity index is 1.47. The lowest BCUT2D eigenvalue weighted by atomic mass is 10.2. The number of imidazole rings is 1. The average molecular weight is 332 g/mol. The predicted octanol–water partition coefficient (Wildman–Crippen LogP) is 2.64. The quantitative estimate of drug-likeness (QED) is 0.726. The first-order chi connectivity index (χ1) is 12.2. The summed E-state index contributed by atoms with van der Waals surface area (Å²) in [6, 6.07) is 18.5. The molecular formula is C19H16N4O2. The second kappa shape index (κ2) is 7.79. The number of hydrogen-bond donors (Lipinski definition) is 2. The first kappa shape index (κ1) is 16.3. The van der Waals surface area contributed by atoms with Gasteiger partial charge >= 0.3 is 0 Å². The number of nitriles is 1. The molecule has 0 radical (unpaired) electrons. The third-order valence-electron chi connectivity index (χ3n) is 3.52. The third kappa shape index (κ3) is 4.45. The summed E-state index contributed by atoms with van der Waals surface area (Å²) in [5.41, 5.74) is 2.49. The fourth-order valence-corrected chi connectivity index (χ4v) is 2.22. The Kier molecular flexibility index (Phi) is 5.07. The Hall–Kier alpha value is -3.59. The smallest absolute Gasteiger partial charge is 0.258 e. The summed E-state index contributed by atoms with van der Waals surface area (Å²) in [6.45, 7) is 0.195. The van der Waals surface area contributed by atoms with Gasteiger partial charge in [-0.2, -0.15) is 5.26 Å². The third-order valence-corrected chi connectivity index (χ3v) is 3.52. The van der Waals surface area contributed by atoms with Crippen molar-refractivity contribution in [3.63, 3.8) is 0 Å². The maximum Gasteiger partial charge on any atom is 0.258 e. The molecule has 3 rings (SSSR count). The number of H-pyrrole nitrogens is 1. The first-order valence-electron chi connectivity index (χ1n) is 7.73. The van der Waals surface area contributed by atoms with Crippen molar-refractivity contribution < 1.29 is 9.53 Å². The van der Waals surface area contributed by atoms with Crippen molar-refractivity contribution in [3.05, 3.63) is 72.2 Å². The second-order valence-corrected chi connectivity index (χ2v) is 5.31. The van der Waals surface area contributed by atoms with Gasteiger partial charge in [-0.05, 0) is 29.8 Å². The van der Waals surface area contributed by atoms with Crippen LogP contribution in [0.2, 0.25) is 0 Å². The summed E-state index contributed by atoms with van der Waals surface area (Å²) < 4.78 is 5.38. The maximum atomic E-state index is 11.9. The molecule has 2 N–H and O–H groups in total. The lowest BCUT2D eigenvalue weighted by Crippen LogP contribution is -2.28. The van der Waals surface area contributed by atoms with Crippen molar-refractivity contribution in [3.8, 4) is 23.1 Å². The number of aromatic amines is 1. The van der Waals surface area contributed by atoms with E-state index in [1.165, 1.54) is 0 Å². The summed E-state index contributed by atoms with van der Waals surface area (Å²) >= 11 is 0. The van der Waals surface area contributed by atoms with Crippen LogP contribution in [-0.2, 0) is 11.3 Å². The number of ether oxygens (including phenoxy) is 1. The summed E-state index contributed by atoms with van der Waals surface area (Å²) in [4.78, 5) is 19.3. The van der Waals surface area contributed by atoms with E-state index in [1.807, 2.05) is 36.4 Å². The van der Waals surface area contributed by atoms with Crippen molar-refractivity contribution in [1.82, 2.24) is 15.3 Å². The van der Waals surface area contributed by atoms with E-state index in [0.29, 0.717) is 23.7 Å². The van der Waals surface area contributed by atoms with Gasteiger partial charge in [0, 0.05) is 0 Å². The van der Waals surface area contributed by atoms with Crippen LogP contribution in [0, 0.1) is 11.3 Å². The summed E-state index contributed by atoms with van der Waals surface area (Å²) in [5.74, 6) is 0.964. The van der Waals surface area contributed by atoms with Gasteiger partial charge in [0.1, 0.15) is 11.6 Å². The van der Waals surface area contributed by atoms with Crippen LogP contribution in [-0.4, -0.2) is 22.5 Å². The first-order valence-corrected chi connectivity index (χ1v) is 7.73. The lowest BCUT2D eigenvalue weighted by molar-refractivity contribution is -0.123. The molecular weight excluding hydrogens is 316 g/mol. The van der Waals surface area contributed by atoms with E-state index in [0.717, 1.165) is 11.3 Å². The molecule has 0 aliphatic carbocycles. The Morgan fingerprint density at radius 2 is 1.92 bits per heavy atom. The van der Waals surface area contributed by atoms with Gasteiger partial charge in [-0.25, -0.2) is 4.98 Å². The van der Waals surface area contributed by atoms with E-state index in [-0.39, 0.29) is 12.5 Å². The monoisotopic (exact) mass is 332 g/mol. The van der Waals surface area contributed by atoms with Crippen LogP contribution in [0.3, 0.4) is 0 Å². The number of carbonyl (C=O) groups excluding carboxylic acids is 1. The van der Waals surface area contributed by atoms with Gasteiger partial charge in [-0.1, -0.05) is 30.3 Å². The normalized spacial score (nSPS) is 10.0. The summed E-state index contributed by atoms with van der Waals surface area (Å²) in [6.07, 6.45) is 1.74. The number of hydrogen-bond acceptors (Lipinski definition) is 4. The second-order valence-electron chi connectivity index (χ2n) is 5.31. The van der Waals surface area contributed by atoms with Crippen LogP contribution >= 0.6 is 0 Å². The average Bonchev–Trinajstić information content (AvgIpc) is 3.15. The number of amides is 1. The summed E-state index contributed by atoms with van der Waals surface area (Å²) in [5, 5.41) is 11.5. The van der Waals surface area contributed by atoms with Gasteiger partial charge in [0.15, 0.2) is 6.61 Å². The van der Waals surface area contributed by atoms with E-state index in [4.69, 9.17) is 10.00 Å². The molecule has 0 spiro atoms. The molecule has 0 atom stereocenters. The van der Waals surface area contributed by atoms with E-state index in [9.17, 15) is 4.79 Å². The molecule has 0 saturated heterocycles. The van der Waals surface area contributed by atoms with Crippen LogP contribution < -0.4 is 10.1 Å². The highest BCUT2D eigenvalue weighted by Gasteiger charge is 2.06. The highest BCUT2D eigenvalue weighted by molar-refractivity contribution is 5.77. The zero-order valence-electron chi connectivity index (χ0n) is 13.4. The number of nitrogens with one attached hydrogen (secondary N) is 2. The number of nitrogens with zero attached hydrogens (tertiary/aromatic N) is 2. The largest absolute Gasteiger partial charge is 0.484 e. The molecule has 6 heteroatoms. The lowest BCUT2D eigenvalue weighted by Gasteiger charge is -2.06. The molecule has 0 aliphatic rings. The zero-order valence-corrected chi connectivity index (χ0v) is 13.4. The van der Waals surface area contributed by atoms with Crippen molar-refractivity contribution in [2.75, 3.05) is 6.61 Å². The van der Waals surface area contributed by atoms with E-state index in [1.54, 1.807) is 30.5 Å². The molecule has 0 aliphatic heterocycles. The van der Waals surface area contributed by atoms with Gasteiger partial charge in [-0.15, -0.1) is 0 Å². The summed E-state index contributed by atoms with van der Waals surface area (Å²) in [7, 11) is 0. The SMILES string of the molecule is N#Cc1ccc(OCC(=O)NCc2ncc(-c3ccccc3)[nH]2)cc1. The topological polar surface area (TPSA) is 90.8 Å². The minimum Gasteiger partial charge on any atom is -0.484 e. The Morgan fingerprint density at radius 1 is 1.16 bits per heavy atom. The highest BCUT2D eigenvalue weighted by Crippen LogP contribution is 2.16. The van der Waals surface area contributed by atoms with Crippen LogP contribution in [0.25, 0.3) is 11.3 Å². The molecule has 1 amide bonds. The Labute approximate surface area is 145 Å². The zero-order chi connectivity index (χ0) is 17.5. The van der Waals surface area contributed by atoms with Crippen LogP contribution in [0.15, 0.2) is 60.8 Å². The standard InChI is InChI=1S/C19H16N4O2/c20-10-14-6-8-16(9-7-14)25-13-19(24)22-12-18-21-11-17(23-18)15-4-2-1-3-5-15/h1-9,11H,12-13H2,(H,21,23)(H,22,24). The molecule has 6 nitrogen and oxygen atoms in total. The van der Waals surface area contributed by atoms with Crippen LogP contribution in [0.4, 0.5) is 0 Å². The molecule has 1 heterocycles. The molecule has 0 saturated carbocycles. The van der Waals surface area contributed by atoms with Gasteiger partial charge in [0.05, 0.1) is 30.1 Å². The van der Waals surface area contributed by atoms with Crippen LogP contribution in [0.5, 0.6) is 5.75 Å². The molecule has 0 fully saturated rings. The number of rotatable bonds is 6. The molecule has 25 heavy (non-hydrogen) atoms.